The summed E-state index contributed by atoms with van der Waals surface area (Å²) in [6, 6.07) is 15.6. The number of rotatable bonds is 3. The van der Waals surface area contributed by atoms with Gasteiger partial charge in [0.15, 0.2) is 0 Å². The smallest absolute Gasteiger partial charge is 0.200 e. The molecule has 0 aliphatic heterocycles. The van der Waals surface area contributed by atoms with Crippen molar-refractivity contribution >= 4 is 58.2 Å². The highest BCUT2D eigenvalue weighted by molar-refractivity contribution is 7.98. The number of thioether (sulfide) groups is 1. The Bertz CT molecular complexity index is 1010. The molecular formula is C19H18N2OS3. The average Bonchev–Trinajstić information content (AvgIpc) is 2.65. The van der Waals surface area contributed by atoms with E-state index in [9.17, 15) is 4.79 Å². The molecule has 0 unspecified atom stereocenters. The van der Waals surface area contributed by atoms with Crippen molar-refractivity contribution in [2.45, 2.75) is 9.92 Å². The maximum Gasteiger partial charge on any atom is 0.200 e. The van der Waals surface area contributed by atoms with E-state index < -0.39 is 0 Å². The molecule has 3 rings (SSSR count). The number of hydrogen-bond acceptors (Lipinski definition) is 4. The minimum atomic E-state index is -0.0817. The molecule has 1 heterocycles. The van der Waals surface area contributed by atoms with Crippen LogP contribution in [0.4, 0.5) is 5.69 Å². The Morgan fingerprint density at radius 1 is 1.20 bits per heavy atom. The van der Waals surface area contributed by atoms with E-state index in [1.807, 2.05) is 78.3 Å². The van der Waals surface area contributed by atoms with Crippen molar-refractivity contribution in [2.75, 3.05) is 18.2 Å². The molecule has 0 atom stereocenters. The summed E-state index contributed by atoms with van der Waals surface area (Å²) in [7, 11) is 3.77. The van der Waals surface area contributed by atoms with E-state index in [0.717, 1.165) is 16.1 Å². The fourth-order valence-corrected chi connectivity index (χ4v) is 3.89. The van der Waals surface area contributed by atoms with Crippen molar-refractivity contribution in [3.05, 3.63) is 64.3 Å². The van der Waals surface area contributed by atoms with Gasteiger partial charge in [0, 0.05) is 30.1 Å². The van der Waals surface area contributed by atoms with Crippen LogP contribution in [0.2, 0.25) is 0 Å². The number of thiocarbonyl (C=S) groups is 1. The summed E-state index contributed by atoms with van der Waals surface area (Å²) in [5, 5.41) is 1.23. The van der Waals surface area contributed by atoms with Crippen molar-refractivity contribution in [3.63, 3.8) is 0 Å². The first-order valence-electron chi connectivity index (χ1n) is 7.68. The molecule has 2 aromatic carbocycles. The summed E-state index contributed by atoms with van der Waals surface area (Å²) in [4.78, 5) is 16.5. The summed E-state index contributed by atoms with van der Waals surface area (Å²) in [5.74, 6) is 0. The molecule has 0 aliphatic rings. The molecule has 1 aromatic heterocycles. The van der Waals surface area contributed by atoms with E-state index in [-0.39, 0.29) is 5.43 Å². The van der Waals surface area contributed by atoms with Crippen LogP contribution < -0.4 is 10.3 Å². The molecule has 6 heteroatoms. The first-order valence-corrected chi connectivity index (χ1v) is 9.76. The summed E-state index contributed by atoms with van der Waals surface area (Å²) in [5.41, 5.74) is 2.15. The van der Waals surface area contributed by atoms with Gasteiger partial charge in [0.2, 0.25) is 5.43 Å². The van der Waals surface area contributed by atoms with E-state index in [1.54, 1.807) is 11.8 Å². The van der Waals surface area contributed by atoms with Gasteiger partial charge in [0.05, 0.1) is 16.1 Å². The van der Waals surface area contributed by atoms with E-state index in [4.69, 9.17) is 12.2 Å². The molecule has 0 bridgehead atoms. The highest BCUT2D eigenvalue weighted by Crippen LogP contribution is 2.25. The van der Waals surface area contributed by atoms with Gasteiger partial charge in [-0.3, -0.25) is 4.79 Å². The van der Waals surface area contributed by atoms with Gasteiger partial charge < -0.3 is 9.47 Å². The molecule has 0 spiro atoms. The number of para-hydroxylation sites is 1. The van der Waals surface area contributed by atoms with Gasteiger partial charge in [0.25, 0.3) is 0 Å². The molecule has 3 aromatic rings. The maximum atomic E-state index is 13.2. The van der Waals surface area contributed by atoms with Crippen LogP contribution in [0.15, 0.2) is 63.2 Å². The molecule has 0 saturated carbocycles. The lowest BCUT2D eigenvalue weighted by Gasteiger charge is -2.22. The predicted octanol–water partition coefficient (Wildman–Crippen LogP) is 4.36. The van der Waals surface area contributed by atoms with Gasteiger partial charge in [-0.1, -0.05) is 30.4 Å². The average molecular weight is 387 g/mol. The second-order valence-corrected chi connectivity index (χ2v) is 7.36. The maximum absolute atomic E-state index is 13.2. The van der Waals surface area contributed by atoms with Gasteiger partial charge in [-0.25, -0.2) is 0 Å². The lowest BCUT2D eigenvalue weighted by molar-refractivity contribution is 0.837. The van der Waals surface area contributed by atoms with Crippen molar-refractivity contribution in [1.82, 2.24) is 4.57 Å². The highest BCUT2D eigenvalue weighted by Gasteiger charge is 2.20. The minimum Gasteiger partial charge on any atom is -0.338 e. The lowest BCUT2D eigenvalue weighted by atomic mass is 10.1. The molecule has 0 amide bonds. The number of aromatic nitrogens is 1. The summed E-state index contributed by atoms with van der Waals surface area (Å²) in [6.07, 6.45) is 1.99. The zero-order valence-corrected chi connectivity index (χ0v) is 16.7. The Kier molecular flexibility index (Phi) is 5.22. The van der Waals surface area contributed by atoms with Gasteiger partial charge in [-0.15, -0.1) is 24.4 Å². The predicted molar refractivity (Wildman–Crippen MR) is 115 cm³/mol. The molecule has 0 aliphatic carbocycles. The zero-order valence-electron chi connectivity index (χ0n) is 14.2. The van der Waals surface area contributed by atoms with Crippen LogP contribution in [0.1, 0.15) is 5.56 Å². The molecular weight excluding hydrogens is 368 g/mol. The van der Waals surface area contributed by atoms with Crippen LogP contribution in [0.3, 0.4) is 0 Å². The van der Waals surface area contributed by atoms with Crippen molar-refractivity contribution in [3.8, 4) is 0 Å². The number of benzene rings is 2. The minimum absolute atomic E-state index is 0.0817. The number of hydrogen-bond donors (Lipinski definition) is 1. The van der Waals surface area contributed by atoms with Crippen LogP contribution in [-0.2, 0) is 7.05 Å². The molecule has 128 valence electrons. The van der Waals surface area contributed by atoms with E-state index in [2.05, 4.69) is 12.6 Å². The second kappa shape index (κ2) is 7.23. The number of aryl methyl sites for hydroxylation is 1. The monoisotopic (exact) mass is 386 g/mol. The van der Waals surface area contributed by atoms with E-state index >= 15 is 0 Å². The fraction of sp³-hybridized carbons (Fsp3) is 0.158. The molecule has 0 radical (unpaired) electrons. The number of fused-ring (bicyclic) bond motifs is 1. The topological polar surface area (TPSA) is 25.2 Å². The van der Waals surface area contributed by atoms with Crippen LogP contribution in [0, 0.1) is 0 Å². The molecule has 0 fully saturated rings. The number of thiol groups is 1. The first kappa shape index (κ1) is 18.0. The Morgan fingerprint density at radius 3 is 2.52 bits per heavy atom. The van der Waals surface area contributed by atoms with Gasteiger partial charge in [-0.2, -0.15) is 0 Å². The number of nitrogens with zero attached hydrogens (tertiary/aromatic N) is 2. The summed E-state index contributed by atoms with van der Waals surface area (Å²) < 4.78 is 1.91. The highest BCUT2D eigenvalue weighted by atomic mass is 32.2. The second-order valence-electron chi connectivity index (χ2n) is 5.67. The van der Waals surface area contributed by atoms with Crippen LogP contribution >= 0.6 is 36.6 Å². The first-order chi connectivity index (χ1) is 12.0. The largest absolute Gasteiger partial charge is 0.338 e. The SMILES string of the molecule is CSc1ccc2c(c1)c(=O)c(C(=S)N(C)c1ccccc1)c(S)n2C. The van der Waals surface area contributed by atoms with E-state index in [0.29, 0.717) is 21.0 Å². The summed E-state index contributed by atoms with van der Waals surface area (Å²) in [6.45, 7) is 0. The number of anilines is 1. The van der Waals surface area contributed by atoms with Crippen LogP contribution in [0.25, 0.3) is 10.9 Å². The summed E-state index contributed by atoms with van der Waals surface area (Å²) >= 11 is 11.8. The van der Waals surface area contributed by atoms with Crippen molar-refractivity contribution in [1.29, 1.82) is 0 Å². The third-order valence-electron chi connectivity index (χ3n) is 4.24. The standard InChI is InChI=1S/C19H18N2OS3/c1-20(12-7-5-4-6-8-12)18(23)16-17(22)14-11-13(25-3)9-10-15(14)21(2)19(16)24/h4-11,24H,1-3H3. The Balaban J connectivity index is 2.22. The normalized spacial score (nSPS) is 10.9. The fourth-order valence-electron chi connectivity index (χ4n) is 2.76. The van der Waals surface area contributed by atoms with Gasteiger partial charge >= 0.3 is 0 Å². The Morgan fingerprint density at radius 2 is 1.88 bits per heavy atom. The van der Waals surface area contributed by atoms with Crippen LogP contribution in [0.5, 0.6) is 0 Å². The third-order valence-corrected chi connectivity index (χ3v) is 5.97. The van der Waals surface area contributed by atoms with Crippen LogP contribution in [-0.4, -0.2) is 22.9 Å². The third kappa shape index (κ3) is 3.21. The van der Waals surface area contributed by atoms with Crippen molar-refractivity contribution < 1.29 is 0 Å². The lowest BCUT2D eigenvalue weighted by Crippen LogP contribution is -2.31. The molecule has 3 nitrogen and oxygen atoms in total. The van der Waals surface area contributed by atoms with Gasteiger partial charge in [0.1, 0.15) is 4.99 Å². The zero-order chi connectivity index (χ0) is 18.1. The van der Waals surface area contributed by atoms with Gasteiger partial charge in [-0.05, 0) is 36.6 Å². The quantitative estimate of drug-likeness (QED) is 0.411. The number of pyridine rings is 1. The molecule has 0 saturated heterocycles. The van der Waals surface area contributed by atoms with Crippen molar-refractivity contribution in [2.24, 2.45) is 7.05 Å². The molecule has 25 heavy (non-hydrogen) atoms. The Hall–Kier alpha value is -1.76. The molecule has 0 N–H and O–H groups in total. The Labute approximate surface area is 162 Å². The van der Waals surface area contributed by atoms with E-state index in [1.165, 1.54) is 0 Å².